The van der Waals surface area contributed by atoms with Gasteiger partial charge in [-0.25, -0.2) is 4.79 Å². The van der Waals surface area contributed by atoms with E-state index < -0.39 is 5.97 Å². The molecule has 0 saturated heterocycles. The van der Waals surface area contributed by atoms with E-state index in [-0.39, 0.29) is 23.2 Å². The number of phenolic OH excluding ortho intramolecular Hbond substituents is 1. The monoisotopic (exact) mass is 222 g/mol. The van der Waals surface area contributed by atoms with Crippen molar-refractivity contribution < 1.29 is 19.4 Å². The van der Waals surface area contributed by atoms with Gasteiger partial charge in [-0.2, -0.15) is 0 Å². The minimum absolute atomic E-state index is 0.0152. The Morgan fingerprint density at radius 2 is 1.94 bits per heavy atom. The van der Waals surface area contributed by atoms with E-state index in [1.807, 2.05) is 0 Å². The van der Waals surface area contributed by atoms with Crippen LogP contribution in [0.25, 0.3) is 0 Å². The highest BCUT2D eigenvalue weighted by molar-refractivity contribution is 5.99. The van der Waals surface area contributed by atoms with Gasteiger partial charge in [0.05, 0.1) is 6.10 Å². The molecule has 4 nitrogen and oxygen atoms in total. The van der Waals surface area contributed by atoms with Gasteiger partial charge in [0.25, 0.3) is 0 Å². The summed E-state index contributed by atoms with van der Waals surface area (Å²) in [5, 5.41) is 9.49. The van der Waals surface area contributed by atoms with Gasteiger partial charge in [0, 0.05) is 5.56 Å². The molecule has 1 aromatic carbocycles. The van der Waals surface area contributed by atoms with Crippen LogP contribution in [0.4, 0.5) is 0 Å². The van der Waals surface area contributed by atoms with Crippen molar-refractivity contribution in [1.82, 2.24) is 0 Å². The maximum Gasteiger partial charge on any atom is 0.342 e. The van der Waals surface area contributed by atoms with Crippen LogP contribution in [-0.4, -0.2) is 23.0 Å². The first-order valence-electron chi connectivity index (χ1n) is 4.96. The number of carbonyl (C=O) groups excluding carboxylic acids is 2. The largest absolute Gasteiger partial charge is 0.507 e. The lowest BCUT2D eigenvalue weighted by Gasteiger charge is -2.09. The number of Topliss-reactive ketones (excluding diaryl/α,β-unsaturated/α-hetero) is 1. The molecule has 86 valence electrons. The maximum absolute atomic E-state index is 11.6. The lowest BCUT2D eigenvalue weighted by molar-refractivity contribution is 0.0374. The number of aromatic hydroxyl groups is 1. The summed E-state index contributed by atoms with van der Waals surface area (Å²) in [5.41, 5.74) is 0.384. The van der Waals surface area contributed by atoms with Crippen molar-refractivity contribution in [2.75, 3.05) is 0 Å². The summed E-state index contributed by atoms with van der Waals surface area (Å²) < 4.78 is 4.94. The fourth-order valence-corrected chi connectivity index (χ4v) is 1.20. The number of ketones is 1. The molecule has 0 aromatic heterocycles. The number of phenols is 1. The summed E-state index contributed by atoms with van der Waals surface area (Å²) in [6.07, 6.45) is -0.270. The van der Waals surface area contributed by atoms with Crippen LogP contribution < -0.4 is 0 Å². The SMILES string of the molecule is CC(=O)c1ccc(O)c(C(=O)OC(C)C)c1. The topological polar surface area (TPSA) is 63.6 Å². The first-order valence-corrected chi connectivity index (χ1v) is 4.96. The molecule has 0 bridgehead atoms. The van der Waals surface area contributed by atoms with Gasteiger partial charge in [0.1, 0.15) is 11.3 Å². The Kier molecular flexibility index (Phi) is 3.66. The fraction of sp³-hybridized carbons (Fsp3) is 0.333. The maximum atomic E-state index is 11.6. The van der Waals surface area contributed by atoms with Gasteiger partial charge >= 0.3 is 5.97 Å². The third-order valence-electron chi connectivity index (χ3n) is 1.97. The third kappa shape index (κ3) is 2.82. The number of esters is 1. The standard InChI is InChI=1S/C12H14O4/c1-7(2)16-12(15)10-6-9(8(3)13)4-5-11(10)14/h4-7,14H,1-3H3. The Morgan fingerprint density at radius 3 is 2.44 bits per heavy atom. The van der Waals surface area contributed by atoms with Crippen LogP contribution in [0.15, 0.2) is 18.2 Å². The van der Waals surface area contributed by atoms with Crippen LogP contribution in [-0.2, 0) is 4.74 Å². The van der Waals surface area contributed by atoms with Crippen molar-refractivity contribution in [3.63, 3.8) is 0 Å². The minimum Gasteiger partial charge on any atom is -0.507 e. The Balaban J connectivity index is 3.07. The number of rotatable bonds is 3. The molecule has 0 aliphatic carbocycles. The average Bonchev–Trinajstić information content (AvgIpc) is 2.16. The van der Waals surface area contributed by atoms with Crippen LogP contribution in [0.1, 0.15) is 41.5 Å². The number of benzene rings is 1. The van der Waals surface area contributed by atoms with E-state index in [1.54, 1.807) is 13.8 Å². The first-order chi connectivity index (χ1) is 7.41. The van der Waals surface area contributed by atoms with Crippen LogP contribution in [0.3, 0.4) is 0 Å². The summed E-state index contributed by atoms with van der Waals surface area (Å²) in [6.45, 7) is 4.82. The molecule has 0 saturated carbocycles. The summed E-state index contributed by atoms with van der Waals surface area (Å²) in [4.78, 5) is 22.7. The second-order valence-electron chi connectivity index (χ2n) is 3.74. The Hall–Kier alpha value is -1.84. The van der Waals surface area contributed by atoms with E-state index in [0.29, 0.717) is 5.56 Å². The average molecular weight is 222 g/mol. The van der Waals surface area contributed by atoms with Crippen LogP contribution in [0.2, 0.25) is 0 Å². The molecule has 1 N–H and O–H groups in total. The molecule has 16 heavy (non-hydrogen) atoms. The van der Waals surface area contributed by atoms with Gasteiger partial charge in [-0.15, -0.1) is 0 Å². The van der Waals surface area contributed by atoms with Crippen LogP contribution >= 0.6 is 0 Å². The zero-order valence-electron chi connectivity index (χ0n) is 9.48. The highest BCUT2D eigenvalue weighted by atomic mass is 16.5. The fourth-order valence-electron chi connectivity index (χ4n) is 1.20. The quantitative estimate of drug-likeness (QED) is 0.628. The van der Waals surface area contributed by atoms with Crippen LogP contribution in [0, 0.1) is 0 Å². The first kappa shape index (κ1) is 12.2. The zero-order valence-corrected chi connectivity index (χ0v) is 9.48. The Bertz CT molecular complexity index is 421. The number of ether oxygens (including phenoxy) is 1. The Morgan fingerprint density at radius 1 is 1.31 bits per heavy atom. The van der Waals surface area contributed by atoms with E-state index in [4.69, 9.17) is 4.74 Å². The lowest BCUT2D eigenvalue weighted by atomic mass is 10.1. The molecular weight excluding hydrogens is 208 g/mol. The molecule has 0 aliphatic heterocycles. The van der Waals surface area contributed by atoms with Crippen molar-refractivity contribution in [2.24, 2.45) is 0 Å². The summed E-state index contributed by atoms with van der Waals surface area (Å²) >= 11 is 0. The molecule has 0 amide bonds. The van der Waals surface area contributed by atoms with E-state index in [9.17, 15) is 14.7 Å². The molecule has 0 heterocycles. The molecule has 0 atom stereocenters. The third-order valence-corrected chi connectivity index (χ3v) is 1.97. The molecular formula is C12H14O4. The van der Waals surface area contributed by atoms with Crippen LogP contribution in [0.5, 0.6) is 5.75 Å². The predicted octanol–water partition coefficient (Wildman–Crippen LogP) is 2.16. The molecule has 1 aromatic rings. The van der Waals surface area contributed by atoms with Crippen molar-refractivity contribution >= 4 is 11.8 Å². The summed E-state index contributed by atoms with van der Waals surface area (Å²) in [5.74, 6) is -0.982. The van der Waals surface area contributed by atoms with Gasteiger partial charge < -0.3 is 9.84 Å². The molecule has 4 heteroatoms. The molecule has 0 aliphatic rings. The highest BCUT2D eigenvalue weighted by Gasteiger charge is 2.15. The van der Waals surface area contributed by atoms with E-state index in [2.05, 4.69) is 0 Å². The lowest BCUT2D eigenvalue weighted by Crippen LogP contribution is -2.12. The number of hydrogen-bond acceptors (Lipinski definition) is 4. The molecule has 0 spiro atoms. The number of carbonyl (C=O) groups is 2. The van der Waals surface area contributed by atoms with Gasteiger partial charge in [0.15, 0.2) is 5.78 Å². The van der Waals surface area contributed by atoms with Gasteiger partial charge in [-0.3, -0.25) is 4.79 Å². The van der Waals surface area contributed by atoms with Gasteiger partial charge in [0.2, 0.25) is 0 Å². The second kappa shape index (κ2) is 4.79. The summed E-state index contributed by atoms with van der Waals surface area (Å²) in [6, 6.07) is 4.11. The molecule has 0 radical (unpaired) electrons. The van der Waals surface area contributed by atoms with Crippen molar-refractivity contribution in [3.8, 4) is 5.75 Å². The Labute approximate surface area is 93.9 Å². The van der Waals surface area contributed by atoms with Gasteiger partial charge in [-0.05, 0) is 39.0 Å². The molecule has 0 fully saturated rings. The molecule has 0 unspecified atom stereocenters. The summed E-state index contributed by atoms with van der Waals surface area (Å²) in [7, 11) is 0. The second-order valence-corrected chi connectivity index (χ2v) is 3.74. The zero-order chi connectivity index (χ0) is 12.3. The predicted molar refractivity (Wildman–Crippen MR) is 58.7 cm³/mol. The smallest absolute Gasteiger partial charge is 0.342 e. The number of hydrogen-bond donors (Lipinski definition) is 1. The minimum atomic E-state index is -0.629. The van der Waals surface area contributed by atoms with E-state index >= 15 is 0 Å². The van der Waals surface area contributed by atoms with E-state index in [0.717, 1.165) is 0 Å². The normalized spacial score (nSPS) is 10.2. The highest BCUT2D eigenvalue weighted by Crippen LogP contribution is 2.20. The van der Waals surface area contributed by atoms with Gasteiger partial charge in [-0.1, -0.05) is 0 Å². The van der Waals surface area contributed by atoms with Crippen molar-refractivity contribution in [2.45, 2.75) is 26.9 Å². The van der Waals surface area contributed by atoms with E-state index in [1.165, 1.54) is 25.1 Å². The van der Waals surface area contributed by atoms with Crippen molar-refractivity contribution in [1.29, 1.82) is 0 Å². The van der Waals surface area contributed by atoms with Crippen molar-refractivity contribution in [3.05, 3.63) is 29.3 Å². The molecule has 1 rings (SSSR count).